The zero-order valence-corrected chi connectivity index (χ0v) is 13.8. The molecule has 0 radical (unpaired) electrons. The second kappa shape index (κ2) is 5.02. The molecule has 5 rings (SSSR count). The van der Waals surface area contributed by atoms with Gasteiger partial charge in [0.15, 0.2) is 5.60 Å². The predicted octanol–water partition coefficient (Wildman–Crippen LogP) is 3.54. The summed E-state index contributed by atoms with van der Waals surface area (Å²) < 4.78 is 11.8. The number of phenolic OH excluding ortho intramolecular Hbond substituents is 2. The molecular formula is C21H11NO5. The Morgan fingerprint density at radius 3 is 2.11 bits per heavy atom. The molecule has 2 aliphatic rings. The molecular weight excluding hydrogens is 346 g/mol. The number of fused-ring (bicyclic) bond motifs is 6. The molecule has 0 saturated carbocycles. The van der Waals surface area contributed by atoms with Crippen LogP contribution >= 0.6 is 0 Å². The second-order valence-corrected chi connectivity index (χ2v) is 6.37. The summed E-state index contributed by atoms with van der Waals surface area (Å²) in [6, 6.07) is 16.1. The number of ether oxygens (including phenoxy) is 2. The van der Waals surface area contributed by atoms with Crippen LogP contribution in [0.15, 0.2) is 54.6 Å². The van der Waals surface area contributed by atoms with Crippen LogP contribution in [-0.4, -0.2) is 16.2 Å². The maximum absolute atomic E-state index is 12.8. The average molecular weight is 357 g/mol. The summed E-state index contributed by atoms with van der Waals surface area (Å²) in [6.45, 7) is 0. The van der Waals surface area contributed by atoms with Crippen molar-refractivity contribution >= 4 is 5.97 Å². The van der Waals surface area contributed by atoms with Crippen LogP contribution in [0.1, 0.15) is 32.6 Å². The second-order valence-electron chi connectivity index (χ2n) is 6.37. The summed E-state index contributed by atoms with van der Waals surface area (Å²) in [6.07, 6.45) is 0. The lowest BCUT2D eigenvalue weighted by atomic mass is 9.77. The third-order valence-electron chi connectivity index (χ3n) is 4.92. The van der Waals surface area contributed by atoms with Crippen molar-refractivity contribution in [3.63, 3.8) is 0 Å². The number of carbonyl (C=O) groups is 1. The van der Waals surface area contributed by atoms with Crippen molar-refractivity contribution in [1.29, 1.82) is 5.26 Å². The molecule has 0 unspecified atom stereocenters. The van der Waals surface area contributed by atoms with Crippen molar-refractivity contribution in [3.05, 3.63) is 82.4 Å². The van der Waals surface area contributed by atoms with Crippen molar-refractivity contribution in [2.45, 2.75) is 5.60 Å². The molecule has 130 valence electrons. The van der Waals surface area contributed by atoms with Gasteiger partial charge >= 0.3 is 5.97 Å². The highest BCUT2D eigenvalue weighted by Gasteiger charge is 2.54. The highest BCUT2D eigenvalue weighted by Crippen LogP contribution is 2.57. The SMILES string of the molecule is N#Cc1cccc2c1C(=O)OC21c2ccc(O)cc2Oc2cc(O)ccc21. The maximum Gasteiger partial charge on any atom is 0.341 e. The fourth-order valence-corrected chi connectivity index (χ4v) is 3.84. The van der Waals surface area contributed by atoms with E-state index in [-0.39, 0.29) is 22.6 Å². The quantitative estimate of drug-likeness (QED) is 0.597. The predicted molar refractivity (Wildman–Crippen MR) is 92.7 cm³/mol. The number of esters is 1. The van der Waals surface area contributed by atoms with E-state index in [4.69, 9.17) is 9.47 Å². The van der Waals surface area contributed by atoms with Gasteiger partial charge in [0.25, 0.3) is 0 Å². The van der Waals surface area contributed by atoms with Gasteiger partial charge in [-0.25, -0.2) is 4.79 Å². The molecule has 0 atom stereocenters. The Labute approximate surface area is 153 Å². The van der Waals surface area contributed by atoms with Gasteiger partial charge in [-0.15, -0.1) is 0 Å². The Hall–Kier alpha value is -3.98. The standard InChI is InChI=1S/C21H11NO5/c22-10-11-2-1-3-16-19(11)20(25)27-21(16)14-6-4-12(23)8-17(14)26-18-9-13(24)5-7-15(18)21/h1-9,23-24H. The van der Waals surface area contributed by atoms with Gasteiger partial charge in [-0.2, -0.15) is 5.26 Å². The largest absolute Gasteiger partial charge is 0.508 e. The topological polar surface area (TPSA) is 99.8 Å². The Morgan fingerprint density at radius 1 is 0.889 bits per heavy atom. The van der Waals surface area contributed by atoms with Gasteiger partial charge in [0.1, 0.15) is 29.1 Å². The minimum Gasteiger partial charge on any atom is -0.508 e. The van der Waals surface area contributed by atoms with Gasteiger partial charge in [-0.1, -0.05) is 12.1 Å². The molecule has 6 heteroatoms. The number of nitriles is 1. The van der Waals surface area contributed by atoms with Crippen LogP contribution < -0.4 is 4.74 Å². The zero-order chi connectivity index (χ0) is 18.8. The number of rotatable bonds is 0. The molecule has 0 saturated heterocycles. The number of benzene rings is 3. The average Bonchev–Trinajstić information content (AvgIpc) is 2.95. The number of aromatic hydroxyl groups is 2. The van der Waals surface area contributed by atoms with E-state index in [2.05, 4.69) is 0 Å². The minimum absolute atomic E-state index is 0.0113. The Balaban J connectivity index is 1.93. The van der Waals surface area contributed by atoms with Crippen molar-refractivity contribution in [2.75, 3.05) is 0 Å². The highest BCUT2D eigenvalue weighted by atomic mass is 16.6. The summed E-state index contributed by atoms with van der Waals surface area (Å²) in [4.78, 5) is 12.8. The lowest BCUT2D eigenvalue weighted by Gasteiger charge is -2.36. The molecule has 3 aromatic rings. The van der Waals surface area contributed by atoms with Gasteiger partial charge in [0.05, 0.1) is 11.1 Å². The molecule has 2 N–H and O–H groups in total. The van der Waals surface area contributed by atoms with Crippen LogP contribution in [0.3, 0.4) is 0 Å². The van der Waals surface area contributed by atoms with E-state index in [0.29, 0.717) is 28.2 Å². The minimum atomic E-state index is -1.33. The van der Waals surface area contributed by atoms with Gasteiger partial charge in [-0.3, -0.25) is 0 Å². The van der Waals surface area contributed by atoms with Gasteiger partial charge in [0.2, 0.25) is 0 Å². The summed E-state index contributed by atoms with van der Waals surface area (Å²) in [7, 11) is 0. The fraction of sp³-hybridized carbons (Fsp3) is 0.0476. The van der Waals surface area contributed by atoms with Gasteiger partial charge in [-0.05, 0) is 30.3 Å². The molecule has 27 heavy (non-hydrogen) atoms. The fourth-order valence-electron chi connectivity index (χ4n) is 3.84. The normalized spacial score (nSPS) is 15.1. The number of hydrogen-bond acceptors (Lipinski definition) is 6. The van der Waals surface area contributed by atoms with E-state index < -0.39 is 11.6 Å². The zero-order valence-electron chi connectivity index (χ0n) is 13.8. The molecule has 6 nitrogen and oxygen atoms in total. The molecule has 2 aliphatic heterocycles. The maximum atomic E-state index is 12.8. The Bertz CT molecular complexity index is 1140. The molecule has 1 spiro atoms. The van der Waals surface area contributed by atoms with Crippen LogP contribution in [0.2, 0.25) is 0 Å². The third kappa shape index (κ3) is 1.85. The van der Waals surface area contributed by atoms with E-state index >= 15 is 0 Å². The van der Waals surface area contributed by atoms with Crippen LogP contribution in [0.5, 0.6) is 23.0 Å². The lowest BCUT2D eigenvalue weighted by molar-refractivity contribution is 0.0224. The lowest BCUT2D eigenvalue weighted by Crippen LogP contribution is -2.32. The molecule has 0 bridgehead atoms. The Kier molecular flexibility index (Phi) is 2.84. The molecule has 0 aromatic heterocycles. The summed E-state index contributed by atoms with van der Waals surface area (Å²) in [5.74, 6) is -0.0278. The van der Waals surface area contributed by atoms with Gasteiger partial charge in [0, 0.05) is 28.8 Å². The monoisotopic (exact) mass is 357 g/mol. The first-order chi connectivity index (χ1) is 13.0. The van der Waals surface area contributed by atoms with E-state index in [0.717, 1.165) is 0 Å². The molecule has 0 aliphatic carbocycles. The molecule has 0 amide bonds. The van der Waals surface area contributed by atoms with Crippen LogP contribution in [-0.2, 0) is 10.3 Å². The van der Waals surface area contributed by atoms with E-state index in [1.54, 1.807) is 30.3 Å². The number of carbonyl (C=O) groups excluding carboxylic acids is 1. The van der Waals surface area contributed by atoms with Crippen molar-refractivity contribution < 1.29 is 24.5 Å². The smallest absolute Gasteiger partial charge is 0.341 e. The van der Waals surface area contributed by atoms with Gasteiger partial charge < -0.3 is 19.7 Å². The first kappa shape index (κ1) is 15.3. The molecule has 0 fully saturated rings. The third-order valence-corrected chi connectivity index (χ3v) is 4.92. The van der Waals surface area contributed by atoms with E-state index in [1.165, 1.54) is 24.3 Å². The van der Waals surface area contributed by atoms with Crippen LogP contribution in [0.25, 0.3) is 0 Å². The summed E-state index contributed by atoms with van der Waals surface area (Å²) in [5, 5.41) is 29.2. The van der Waals surface area contributed by atoms with Crippen molar-refractivity contribution in [3.8, 4) is 29.1 Å². The number of nitrogens with zero attached hydrogens (tertiary/aromatic N) is 1. The van der Waals surface area contributed by atoms with Crippen molar-refractivity contribution in [2.24, 2.45) is 0 Å². The van der Waals surface area contributed by atoms with Crippen LogP contribution in [0.4, 0.5) is 0 Å². The number of hydrogen-bond donors (Lipinski definition) is 2. The first-order valence-corrected chi connectivity index (χ1v) is 8.16. The summed E-state index contributed by atoms with van der Waals surface area (Å²) >= 11 is 0. The molecule has 2 heterocycles. The van der Waals surface area contributed by atoms with Crippen molar-refractivity contribution in [1.82, 2.24) is 0 Å². The first-order valence-electron chi connectivity index (χ1n) is 8.16. The van der Waals surface area contributed by atoms with E-state index in [9.17, 15) is 20.3 Å². The van der Waals surface area contributed by atoms with Crippen LogP contribution in [0, 0.1) is 11.3 Å². The summed E-state index contributed by atoms with van der Waals surface area (Å²) in [5.41, 5.74) is 0.681. The molecule has 3 aromatic carbocycles. The highest BCUT2D eigenvalue weighted by molar-refractivity contribution is 5.99. The Morgan fingerprint density at radius 2 is 1.52 bits per heavy atom. The van der Waals surface area contributed by atoms with E-state index in [1.807, 2.05) is 6.07 Å². The number of phenols is 2.